The van der Waals surface area contributed by atoms with E-state index in [1.54, 1.807) is 21.3 Å². The van der Waals surface area contributed by atoms with Crippen LogP contribution in [0.25, 0.3) is 0 Å². The van der Waals surface area contributed by atoms with Crippen molar-refractivity contribution in [1.82, 2.24) is 10.6 Å². The van der Waals surface area contributed by atoms with Crippen molar-refractivity contribution in [1.29, 1.82) is 0 Å². The minimum absolute atomic E-state index is 0.667. The summed E-state index contributed by atoms with van der Waals surface area (Å²) < 4.78 is 11.4. The maximum absolute atomic E-state index is 5.24. The van der Waals surface area contributed by atoms with E-state index in [1.807, 2.05) is 42.5 Å². The average molecular weight is 392 g/mol. The Morgan fingerprint density at radius 1 is 1.00 bits per heavy atom. The lowest BCUT2D eigenvalue weighted by Crippen LogP contribution is -2.36. The molecule has 0 heterocycles. The lowest BCUT2D eigenvalue weighted by molar-refractivity contribution is 0.412. The highest BCUT2D eigenvalue weighted by molar-refractivity contribution is 9.10. The van der Waals surface area contributed by atoms with Crippen LogP contribution in [0.2, 0.25) is 0 Å². The molecule has 0 atom stereocenters. The smallest absolute Gasteiger partial charge is 0.191 e. The van der Waals surface area contributed by atoms with Gasteiger partial charge in [0, 0.05) is 20.1 Å². The second kappa shape index (κ2) is 9.17. The SMILES string of the molecule is CN=C(NCc1cccc(OC)c1)NCc1ccc(OC)c(Br)c1. The molecule has 0 fully saturated rings. The fourth-order valence-corrected chi connectivity index (χ4v) is 2.78. The molecule has 6 heteroatoms. The van der Waals surface area contributed by atoms with E-state index in [9.17, 15) is 0 Å². The lowest BCUT2D eigenvalue weighted by atomic mass is 10.2. The highest BCUT2D eigenvalue weighted by Crippen LogP contribution is 2.25. The maximum Gasteiger partial charge on any atom is 0.191 e. The molecule has 2 aromatic carbocycles. The van der Waals surface area contributed by atoms with E-state index in [0.29, 0.717) is 13.1 Å². The van der Waals surface area contributed by atoms with Crippen LogP contribution in [-0.4, -0.2) is 27.2 Å². The Morgan fingerprint density at radius 2 is 1.71 bits per heavy atom. The number of aliphatic imine (C=N–C) groups is 1. The van der Waals surface area contributed by atoms with Gasteiger partial charge in [-0.25, -0.2) is 0 Å². The summed E-state index contributed by atoms with van der Waals surface area (Å²) >= 11 is 3.50. The molecule has 0 spiro atoms. The molecule has 0 aliphatic heterocycles. The molecule has 2 rings (SSSR count). The van der Waals surface area contributed by atoms with Crippen LogP contribution in [0.3, 0.4) is 0 Å². The summed E-state index contributed by atoms with van der Waals surface area (Å²) in [6.07, 6.45) is 0. The summed E-state index contributed by atoms with van der Waals surface area (Å²) in [5.74, 6) is 2.41. The number of benzene rings is 2. The molecule has 0 aromatic heterocycles. The Bertz CT molecular complexity index is 704. The molecule has 24 heavy (non-hydrogen) atoms. The van der Waals surface area contributed by atoms with Gasteiger partial charge in [-0.05, 0) is 51.3 Å². The van der Waals surface area contributed by atoms with E-state index < -0.39 is 0 Å². The Hall–Kier alpha value is -2.21. The molecule has 2 N–H and O–H groups in total. The Morgan fingerprint density at radius 3 is 2.29 bits per heavy atom. The van der Waals surface area contributed by atoms with Crippen molar-refractivity contribution < 1.29 is 9.47 Å². The normalized spacial score (nSPS) is 11.1. The van der Waals surface area contributed by atoms with Crippen LogP contribution >= 0.6 is 15.9 Å². The number of nitrogens with zero attached hydrogens (tertiary/aromatic N) is 1. The minimum Gasteiger partial charge on any atom is -0.497 e. The molecule has 0 bridgehead atoms. The fourth-order valence-electron chi connectivity index (χ4n) is 2.19. The van der Waals surface area contributed by atoms with E-state index in [1.165, 1.54) is 0 Å². The Labute approximate surface area is 151 Å². The number of ether oxygens (including phenoxy) is 2. The molecule has 2 aromatic rings. The first-order chi connectivity index (χ1) is 11.7. The summed E-state index contributed by atoms with van der Waals surface area (Å²) in [7, 11) is 5.08. The Kier molecular flexibility index (Phi) is 6.93. The number of hydrogen-bond acceptors (Lipinski definition) is 3. The van der Waals surface area contributed by atoms with Crippen molar-refractivity contribution in [3.63, 3.8) is 0 Å². The third kappa shape index (κ3) is 5.16. The third-order valence-electron chi connectivity index (χ3n) is 3.49. The first-order valence-corrected chi connectivity index (χ1v) is 8.35. The second-order valence-electron chi connectivity index (χ2n) is 5.10. The van der Waals surface area contributed by atoms with E-state index in [2.05, 4.69) is 31.6 Å². The van der Waals surface area contributed by atoms with Crippen LogP contribution in [-0.2, 0) is 13.1 Å². The van der Waals surface area contributed by atoms with E-state index in [4.69, 9.17) is 9.47 Å². The number of hydrogen-bond donors (Lipinski definition) is 2. The standard InChI is InChI=1S/C18H22BrN3O2/c1-20-18(21-11-13-5-4-6-15(9-13)23-2)22-12-14-7-8-17(24-3)16(19)10-14/h4-10H,11-12H2,1-3H3,(H2,20,21,22). The van der Waals surface area contributed by atoms with Crippen LogP contribution in [0.5, 0.6) is 11.5 Å². The predicted molar refractivity (Wildman–Crippen MR) is 101 cm³/mol. The number of rotatable bonds is 6. The quantitative estimate of drug-likeness (QED) is 0.585. The van der Waals surface area contributed by atoms with Gasteiger partial charge in [-0.1, -0.05) is 18.2 Å². The fraction of sp³-hybridized carbons (Fsp3) is 0.278. The van der Waals surface area contributed by atoms with Crippen molar-refractivity contribution in [2.45, 2.75) is 13.1 Å². The van der Waals surface area contributed by atoms with Crippen molar-refractivity contribution in [3.8, 4) is 11.5 Å². The third-order valence-corrected chi connectivity index (χ3v) is 4.11. The lowest BCUT2D eigenvalue weighted by Gasteiger charge is -2.13. The minimum atomic E-state index is 0.667. The first kappa shape index (κ1) is 18.1. The largest absolute Gasteiger partial charge is 0.497 e. The van der Waals surface area contributed by atoms with Gasteiger partial charge >= 0.3 is 0 Å². The molecule has 0 saturated carbocycles. The molecular formula is C18H22BrN3O2. The van der Waals surface area contributed by atoms with Gasteiger partial charge in [0.1, 0.15) is 11.5 Å². The summed E-state index contributed by atoms with van der Waals surface area (Å²) in [5.41, 5.74) is 2.26. The summed E-state index contributed by atoms with van der Waals surface area (Å²) in [5, 5.41) is 6.59. The van der Waals surface area contributed by atoms with Crippen molar-refractivity contribution >= 4 is 21.9 Å². The molecule has 0 radical (unpaired) electrons. The average Bonchev–Trinajstić information content (AvgIpc) is 2.62. The van der Waals surface area contributed by atoms with E-state index in [0.717, 1.165) is 33.1 Å². The van der Waals surface area contributed by atoms with Crippen LogP contribution in [0, 0.1) is 0 Å². The van der Waals surface area contributed by atoms with Gasteiger partial charge in [0.2, 0.25) is 0 Å². The highest BCUT2D eigenvalue weighted by atomic mass is 79.9. The molecule has 0 aliphatic rings. The van der Waals surface area contributed by atoms with Gasteiger partial charge < -0.3 is 20.1 Å². The molecular weight excluding hydrogens is 370 g/mol. The van der Waals surface area contributed by atoms with E-state index in [-0.39, 0.29) is 0 Å². The van der Waals surface area contributed by atoms with Crippen molar-refractivity contribution in [2.24, 2.45) is 4.99 Å². The number of guanidine groups is 1. The zero-order chi connectivity index (χ0) is 17.4. The number of methoxy groups -OCH3 is 2. The zero-order valence-electron chi connectivity index (χ0n) is 14.1. The first-order valence-electron chi connectivity index (χ1n) is 7.56. The Balaban J connectivity index is 1.89. The summed E-state index contributed by atoms with van der Waals surface area (Å²) in [6, 6.07) is 13.9. The molecule has 128 valence electrons. The van der Waals surface area contributed by atoms with Crippen LogP contribution in [0.4, 0.5) is 0 Å². The monoisotopic (exact) mass is 391 g/mol. The molecule has 0 unspecified atom stereocenters. The van der Waals surface area contributed by atoms with Gasteiger partial charge in [-0.2, -0.15) is 0 Å². The molecule has 0 aliphatic carbocycles. The second-order valence-corrected chi connectivity index (χ2v) is 5.95. The summed E-state index contributed by atoms with van der Waals surface area (Å²) in [6.45, 7) is 1.34. The maximum atomic E-state index is 5.24. The highest BCUT2D eigenvalue weighted by Gasteiger charge is 2.03. The number of halogens is 1. The van der Waals surface area contributed by atoms with Crippen LogP contribution in [0.15, 0.2) is 51.9 Å². The van der Waals surface area contributed by atoms with Gasteiger partial charge in [0.05, 0.1) is 18.7 Å². The summed E-state index contributed by atoms with van der Waals surface area (Å²) in [4.78, 5) is 4.24. The molecule has 0 saturated heterocycles. The number of nitrogens with one attached hydrogen (secondary N) is 2. The van der Waals surface area contributed by atoms with Crippen molar-refractivity contribution in [3.05, 3.63) is 58.1 Å². The molecule has 5 nitrogen and oxygen atoms in total. The van der Waals surface area contributed by atoms with Crippen LogP contribution < -0.4 is 20.1 Å². The predicted octanol–water partition coefficient (Wildman–Crippen LogP) is 3.33. The van der Waals surface area contributed by atoms with Crippen molar-refractivity contribution in [2.75, 3.05) is 21.3 Å². The zero-order valence-corrected chi connectivity index (χ0v) is 15.7. The van der Waals surface area contributed by atoms with Gasteiger partial charge in [-0.15, -0.1) is 0 Å². The van der Waals surface area contributed by atoms with Gasteiger partial charge in [0.25, 0.3) is 0 Å². The molecule has 0 amide bonds. The topological polar surface area (TPSA) is 54.9 Å². The van der Waals surface area contributed by atoms with E-state index >= 15 is 0 Å². The van der Waals surface area contributed by atoms with Crippen LogP contribution in [0.1, 0.15) is 11.1 Å². The van der Waals surface area contributed by atoms with Gasteiger partial charge in [0.15, 0.2) is 5.96 Å². The van der Waals surface area contributed by atoms with Gasteiger partial charge in [-0.3, -0.25) is 4.99 Å².